The maximum atomic E-state index is 9.40. The highest BCUT2D eigenvalue weighted by Gasteiger charge is 2.18. The average molecular weight is 196 g/mol. The standard InChI is InChI=1S/C3H6O4.C3H6O3/c4-1-3(6,7)2-5;4-1-3(6)2-5/h1,5-7H,2H2;1,3,5-6H,2H2. The van der Waals surface area contributed by atoms with Gasteiger partial charge in [0.15, 0.2) is 12.6 Å². The van der Waals surface area contributed by atoms with E-state index in [9.17, 15) is 9.59 Å². The minimum absolute atomic E-state index is 0.146. The van der Waals surface area contributed by atoms with Gasteiger partial charge >= 0.3 is 0 Å². The van der Waals surface area contributed by atoms with Crippen LogP contribution in [0.2, 0.25) is 0 Å². The number of carbonyl (C=O) groups is 2. The second kappa shape index (κ2) is 7.77. The van der Waals surface area contributed by atoms with Crippen molar-refractivity contribution in [2.24, 2.45) is 0 Å². The van der Waals surface area contributed by atoms with Gasteiger partial charge in [0.25, 0.3) is 0 Å². The van der Waals surface area contributed by atoms with E-state index in [4.69, 9.17) is 25.5 Å². The molecule has 0 saturated carbocycles. The van der Waals surface area contributed by atoms with E-state index in [-0.39, 0.29) is 12.6 Å². The smallest absolute Gasteiger partial charge is 0.244 e. The molecular formula is C6H12O7. The summed E-state index contributed by atoms with van der Waals surface area (Å²) in [4.78, 5) is 18.7. The van der Waals surface area contributed by atoms with E-state index in [0.29, 0.717) is 0 Å². The second-order valence-corrected chi connectivity index (χ2v) is 2.04. The number of aldehydes is 2. The Labute approximate surface area is 73.9 Å². The molecule has 1 unspecified atom stereocenters. The third-order valence-corrected chi connectivity index (χ3v) is 0.766. The third kappa shape index (κ3) is 11.1. The first-order valence-electron chi connectivity index (χ1n) is 3.19. The number of aliphatic hydroxyl groups is 5. The summed E-state index contributed by atoms with van der Waals surface area (Å²) in [5, 5.41) is 39.9. The van der Waals surface area contributed by atoms with Crippen LogP contribution in [-0.2, 0) is 9.59 Å². The molecule has 0 bridgehead atoms. The molecular weight excluding hydrogens is 184 g/mol. The summed E-state index contributed by atoms with van der Waals surface area (Å²) in [5.41, 5.74) is 0. The van der Waals surface area contributed by atoms with Crippen molar-refractivity contribution in [2.75, 3.05) is 13.2 Å². The van der Waals surface area contributed by atoms with Crippen LogP contribution in [0.1, 0.15) is 0 Å². The van der Waals surface area contributed by atoms with Gasteiger partial charge in [0.1, 0.15) is 12.7 Å². The molecule has 0 aromatic carbocycles. The molecule has 13 heavy (non-hydrogen) atoms. The number of hydrogen-bond donors (Lipinski definition) is 5. The summed E-state index contributed by atoms with van der Waals surface area (Å²) in [7, 11) is 0. The SMILES string of the molecule is O=CC(O)(O)CO.O=CC(O)CO. The van der Waals surface area contributed by atoms with Gasteiger partial charge in [-0.1, -0.05) is 0 Å². The molecule has 7 nitrogen and oxygen atoms in total. The molecule has 0 aliphatic carbocycles. The Morgan fingerprint density at radius 1 is 1.23 bits per heavy atom. The van der Waals surface area contributed by atoms with Crippen LogP contribution in [0.5, 0.6) is 0 Å². The van der Waals surface area contributed by atoms with E-state index in [2.05, 4.69) is 0 Å². The van der Waals surface area contributed by atoms with Gasteiger partial charge in [-0.15, -0.1) is 0 Å². The van der Waals surface area contributed by atoms with E-state index >= 15 is 0 Å². The number of carbonyl (C=O) groups excluding carboxylic acids is 2. The Morgan fingerprint density at radius 3 is 1.69 bits per heavy atom. The Bertz CT molecular complexity index is 144. The van der Waals surface area contributed by atoms with Gasteiger partial charge in [-0.3, -0.25) is 4.79 Å². The molecule has 0 amide bonds. The van der Waals surface area contributed by atoms with Gasteiger partial charge < -0.3 is 30.3 Å². The van der Waals surface area contributed by atoms with Crippen LogP contribution in [0.15, 0.2) is 0 Å². The first-order chi connectivity index (χ1) is 5.93. The van der Waals surface area contributed by atoms with E-state index in [0.717, 1.165) is 0 Å². The Hall–Kier alpha value is -0.860. The maximum Gasteiger partial charge on any atom is 0.244 e. The molecule has 0 aromatic rings. The molecule has 0 rings (SSSR count). The molecule has 5 N–H and O–H groups in total. The summed E-state index contributed by atoms with van der Waals surface area (Å²) in [6.07, 6.45) is -1.06. The largest absolute Gasteiger partial charge is 0.393 e. The summed E-state index contributed by atoms with van der Waals surface area (Å²) in [5.74, 6) is -2.54. The lowest BCUT2D eigenvalue weighted by Crippen LogP contribution is -2.34. The highest BCUT2D eigenvalue weighted by Crippen LogP contribution is 1.87. The normalized spacial score (nSPS) is 12.4. The molecule has 0 heterocycles. The molecule has 78 valence electrons. The van der Waals surface area contributed by atoms with Crippen molar-refractivity contribution in [3.63, 3.8) is 0 Å². The fourth-order valence-corrected chi connectivity index (χ4v) is 0.0803. The number of rotatable bonds is 4. The van der Waals surface area contributed by atoms with Gasteiger partial charge in [-0.25, -0.2) is 0 Å². The van der Waals surface area contributed by atoms with Crippen molar-refractivity contribution in [2.45, 2.75) is 11.9 Å². The summed E-state index contributed by atoms with van der Waals surface area (Å²) < 4.78 is 0. The van der Waals surface area contributed by atoms with Gasteiger partial charge in [-0.05, 0) is 0 Å². The zero-order chi connectivity index (χ0) is 10.9. The molecule has 0 aliphatic heterocycles. The molecule has 0 aliphatic rings. The molecule has 7 heteroatoms. The van der Waals surface area contributed by atoms with Gasteiger partial charge in [0, 0.05) is 0 Å². The molecule has 0 saturated heterocycles. The quantitative estimate of drug-likeness (QED) is 0.231. The van der Waals surface area contributed by atoms with Crippen LogP contribution in [0.4, 0.5) is 0 Å². The van der Waals surface area contributed by atoms with E-state index in [1.165, 1.54) is 0 Å². The van der Waals surface area contributed by atoms with E-state index in [1.807, 2.05) is 0 Å². The zero-order valence-corrected chi connectivity index (χ0v) is 6.70. The number of hydrogen-bond acceptors (Lipinski definition) is 7. The second-order valence-electron chi connectivity index (χ2n) is 2.04. The van der Waals surface area contributed by atoms with Crippen LogP contribution < -0.4 is 0 Å². The van der Waals surface area contributed by atoms with Crippen LogP contribution >= 0.6 is 0 Å². The van der Waals surface area contributed by atoms with E-state index in [1.54, 1.807) is 0 Å². The fraction of sp³-hybridized carbons (Fsp3) is 0.667. The van der Waals surface area contributed by atoms with Crippen LogP contribution in [0.25, 0.3) is 0 Å². The first kappa shape index (κ1) is 14.7. The van der Waals surface area contributed by atoms with Crippen molar-refractivity contribution < 1.29 is 35.1 Å². The Balaban J connectivity index is 0. The predicted octanol–water partition coefficient (Wildman–Crippen LogP) is -3.60. The lowest BCUT2D eigenvalue weighted by atomic mass is 10.3. The fourth-order valence-electron chi connectivity index (χ4n) is 0.0803. The van der Waals surface area contributed by atoms with Crippen molar-refractivity contribution >= 4 is 12.6 Å². The lowest BCUT2D eigenvalue weighted by molar-refractivity contribution is -0.182. The highest BCUT2D eigenvalue weighted by molar-refractivity contribution is 5.59. The minimum Gasteiger partial charge on any atom is -0.393 e. The summed E-state index contributed by atoms with van der Waals surface area (Å²) in [6.45, 7) is -1.44. The third-order valence-electron chi connectivity index (χ3n) is 0.766. The predicted molar refractivity (Wildman–Crippen MR) is 39.5 cm³/mol. The van der Waals surface area contributed by atoms with Crippen molar-refractivity contribution in [3.05, 3.63) is 0 Å². The maximum absolute atomic E-state index is 9.40. The van der Waals surface area contributed by atoms with Gasteiger partial charge in [0.05, 0.1) is 6.61 Å². The highest BCUT2D eigenvalue weighted by atomic mass is 16.5. The van der Waals surface area contributed by atoms with Crippen LogP contribution in [0.3, 0.4) is 0 Å². The van der Waals surface area contributed by atoms with E-state index < -0.39 is 25.1 Å². The number of aliphatic hydroxyl groups excluding tert-OH is 3. The van der Waals surface area contributed by atoms with Crippen molar-refractivity contribution in [1.29, 1.82) is 0 Å². The summed E-state index contributed by atoms with van der Waals surface area (Å²) in [6, 6.07) is 0. The Kier molecular flexibility index (Phi) is 8.76. The lowest BCUT2D eigenvalue weighted by Gasteiger charge is -2.07. The van der Waals surface area contributed by atoms with Crippen LogP contribution in [-0.4, -0.2) is 63.2 Å². The first-order valence-corrected chi connectivity index (χ1v) is 3.19. The minimum atomic E-state index is -2.54. The topological polar surface area (TPSA) is 135 Å². The molecule has 0 radical (unpaired) electrons. The van der Waals surface area contributed by atoms with Crippen molar-refractivity contribution in [1.82, 2.24) is 0 Å². The van der Waals surface area contributed by atoms with Crippen LogP contribution in [0, 0.1) is 0 Å². The molecule has 0 aromatic heterocycles. The zero-order valence-electron chi connectivity index (χ0n) is 6.70. The van der Waals surface area contributed by atoms with Gasteiger partial charge in [0.2, 0.25) is 5.79 Å². The average Bonchev–Trinajstić information content (AvgIpc) is 2.17. The van der Waals surface area contributed by atoms with Crippen molar-refractivity contribution in [3.8, 4) is 0 Å². The molecule has 0 fully saturated rings. The van der Waals surface area contributed by atoms with Gasteiger partial charge in [-0.2, -0.15) is 0 Å². The molecule has 0 spiro atoms. The summed E-state index contributed by atoms with van der Waals surface area (Å²) >= 11 is 0. The Morgan fingerprint density at radius 2 is 1.69 bits per heavy atom. The molecule has 1 atom stereocenters. The monoisotopic (exact) mass is 196 g/mol.